The number of quaternary nitrogens is 1. The lowest BCUT2D eigenvalue weighted by Crippen LogP contribution is -2.50. The summed E-state index contributed by atoms with van der Waals surface area (Å²) in [5.41, 5.74) is 0. The molecule has 1 rings (SSSR count). The molecular weight excluding hydrogens is 166 g/mol. The lowest BCUT2D eigenvalue weighted by Gasteiger charge is -2.36. The van der Waals surface area contributed by atoms with Crippen molar-refractivity contribution in [3.8, 4) is 0 Å². The Morgan fingerprint density at radius 1 is 1.23 bits per heavy atom. The van der Waals surface area contributed by atoms with Crippen molar-refractivity contribution in [2.75, 3.05) is 26.7 Å². The lowest BCUT2D eigenvalue weighted by molar-refractivity contribution is -0.907. The molecule has 0 spiro atoms. The Balaban J connectivity index is 0.000000671. The molecule has 0 aromatic heterocycles. The number of nitrogens with zero attached hydrogens (tertiary/aromatic N) is 1. The number of likely N-dealkylation sites (N-methyl/N-ethyl adjacent to an activating group) is 1. The topological polar surface area (TPSA) is 37.3 Å². The van der Waals surface area contributed by atoms with Crippen LogP contribution in [0.2, 0.25) is 0 Å². The van der Waals surface area contributed by atoms with Gasteiger partial charge in [0.05, 0.1) is 20.1 Å². The first-order chi connectivity index (χ1) is 6.12. The highest BCUT2D eigenvalue weighted by Gasteiger charge is 2.26. The molecule has 1 N–H and O–H groups in total. The van der Waals surface area contributed by atoms with E-state index >= 15 is 0 Å². The molecule has 0 amide bonds. The number of likely N-dealkylation sites (tertiary alicyclic amines) is 1. The molecule has 1 fully saturated rings. The Morgan fingerprint density at radius 2 is 1.69 bits per heavy atom. The van der Waals surface area contributed by atoms with Gasteiger partial charge < -0.3 is 9.59 Å². The summed E-state index contributed by atoms with van der Waals surface area (Å²) in [6.07, 6.45) is 3.64. The summed E-state index contributed by atoms with van der Waals surface area (Å²) in [7, 11) is 2.04. The van der Waals surface area contributed by atoms with Gasteiger partial charge in [-0.05, 0) is 19.3 Å². The SMILES string of the molecule is CC.C[N+]1(CC(=O)O)CCCCC1. The monoisotopic (exact) mass is 188 g/mol. The predicted molar refractivity (Wildman–Crippen MR) is 53.6 cm³/mol. The highest BCUT2D eigenvalue weighted by Crippen LogP contribution is 2.15. The van der Waals surface area contributed by atoms with Crippen LogP contribution in [0.1, 0.15) is 33.1 Å². The molecule has 1 saturated heterocycles. The van der Waals surface area contributed by atoms with Gasteiger partial charge in [-0.3, -0.25) is 0 Å². The molecule has 0 aromatic rings. The molecule has 0 aromatic carbocycles. The summed E-state index contributed by atoms with van der Waals surface area (Å²) in [6.45, 7) is 6.36. The first-order valence-electron chi connectivity index (χ1n) is 5.18. The van der Waals surface area contributed by atoms with E-state index in [1.807, 2.05) is 20.9 Å². The maximum Gasteiger partial charge on any atom is 0.359 e. The number of carboxylic acid groups (broad SMARTS) is 1. The van der Waals surface area contributed by atoms with Crippen LogP contribution in [0.25, 0.3) is 0 Å². The van der Waals surface area contributed by atoms with Gasteiger partial charge in [-0.2, -0.15) is 0 Å². The molecule has 0 bridgehead atoms. The number of aliphatic carboxylic acids is 1. The van der Waals surface area contributed by atoms with Gasteiger partial charge in [0.2, 0.25) is 0 Å². The zero-order chi connectivity index (χ0) is 10.3. The van der Waals surface area contributed by atoms with E-state index in [2.05, 4.69) is 0 Å². The van der Waals surface area contributed by atoms with Crippen LogP contribution in [-0.2, 0) is 4.79 Å². The third kappa shape index (κ3) is 4.88. The van der Waals surface area contributed by atoms with Crippen molar-refractivity contribution in [3.05, 3.63) is 0 Å². The number of carbonyl (C=O) groups is 1. The Kier molecular flexibility index (Phi) is 5.71. The largest absolute Gasteiger partial charge is 0.477 e. The molecule has 0 unspecified atom stereocenters. The maximum absolute atomic E-state index is 10.5. The Bertz CT molecular complexity index is 151. The second-order valence-electron chi connectivity index (χ2n) is 3.68. The molecule has 3 heteroatoms. The standard InChI is InChI=1S/C8H15NO2.C2H6/c1-9(7-8(10)11)5-3-2-4-6-9;1-2/h2-7H2,1H3;1-2H3/p+1. The first-order valence-corrected chi connectivity index (χ1v) is 5.18. The van der Waals surface area contributed by atoms with Gasteiger partial charge >= 0.3 is 5.97 Å². The number of rotatable bonds is 2. The Morgan fingerprint density at radius 3 is 2.08 bits per heavy atom. The van der Waals surface area contributed by atoms with E-state index in [1.54, 1.807) is 0 Å². The maximum atomic E-state index is 10.5. The number of piperidine rings is 1. The quantitative estimate of drug-likeness (QED) is 0.670. The summed E-state index contributed by atoms with van der Waals surface area (Å²) >= 11 is 0. The van der Waals surface area contributed by atoms with Crippen LogP contribution in [0.3, 0.4) is 0 Å². The van der Waals surface area contributed by atoms with Crippen molar-refractivity contribution < 1.29 is 14.4 Å². The number of carboxylic acids is 1. The smallest absolute Gasteiger partial charge is 0.359 e. The molecule has 1 heterocycles. The van der Waals surface area contributed by atoms with Gasteiger partial charge in [-0.25, -0.2) is 4.79 Å². The fraction of sp³-hybridized carbons (Fsp3) is 0.900. The molecule has 3 nitrogen and oxygen atoms in total. The van der Waals surface area contributed by atoms with Crippen molar-refractivity contribution >= 4 is 5.97 Å². The van der Waals surface area contributed by atoms with Crippen LogP contribution in [-0.4, -0.2) is 42.2 Å². The summed E-state index contributed by atoms with van der Waals surface area (Å²) in [5, 5.41) is 8.62. The van der Waals surface area contributed by atoms with Crippen LogP contribution >= 0.6 is 0 Å². The van der Waals surface area contributed by atoms with Crippen LogP contribution in [0, 0.1) is 0 Å². The van der Waals surface area contributed by atoms with E-state index in [0.717, 1.165) is 17.6 Å². The van der Waals surface area contributed by atoms with Gasteiger partial charge in [-0.1, -0.05) is 13.8 Å². The van der Waals surface area contributed by atoms with Gasteiger partial charge in [0.15, 0.2) is 6.54 Å². The highest BCUT2D eigenvalue weighted by atomic mass is 16.4. The zero-order valence-electron chi connectivity index (χ0n) is 9.05. The minimum absolute atomic E-state index is 0.292. The van der Waals surface area contributed by atoms with Crippen molar-refractivity contribution in [1.82, 2.24) is 0 Å². The molecule has 0 radical (unpaired) electrons. The van der Waals surface area contributed by atoms with E-state index in [0.29, 0.717) is 6.54 Å². The molecule has 1 aliphatic heterocycles. The molecule has 0 aliphatic carbocycles. The van der Waals surface area contributed by atoms with Gasteiger partial charge in [0.25, 0.3) is 0 Å². The predicted octanol–water partition coefficient (Wildman–Crippen LogP) is 1.73. The minimum atomic E-state index is -0.672. The van der Waals surface area contributed by atoms with Crippen LogP contribution in [0.15, 0.2) is 0 Å². The van der Waals surface area contributed by atoms with E-state index in [4.69, 9.17) is 5.11 Å². The molecule has 0 saturated carbocycles. The van der Waals surface area contributed by atoms with E-state index in [-0.39, 0.29) is 0 Å². The lowest BCUT2D eigenvalue weighted by atomic mass is 10.1. The van der Waals surface area contributed by atoms with Gasteiger partial charge in [-0.15, -0.1) is 0 Å². The van der Waals surface area contributed by atoms with E-state index in [1.165, 1.54) is 19.3 Å². The molecule has 1 aliphatic rings. The van der Waals surface area contributed by atoms with Crippen LogP contribution < -0.4 is 0 Å². The fourth-order valence-corrected chi connectivity index (χ4v) is 1.76. The Labute approximate surface area is 80.9 Å². The molecule has 0 atom stereocenters. The third-order valence-corrected chi connectivity index (χ3v) is 2.41. The molecule has 13 heavy (non-hydrogen) atoms. The molecular formula is C10H22NO2+. The van der Waals surface area contributed by atoms with Gasteiger partial charge in [0.1, 0.15) is 0 Å². The van der Waals surface area contributed by atoms with Crippen LogP contribution in [0.4, 0.5) is 0 Å². The second-order valence-corrected chi connectivity index (χ2v) is 3.68. The van der Waals surface area contributed by atoms with Crippen molar-refractivity contribution in [2.24, 2.45) is 0 Å². The summed E-state index contributed by atoms with van der Waals surface area (Å²) in [5.74, 6) is -0.672. The number of hydrogen-bond donors (Lipinski definition) is 1. The number of hydrogen-bond acceptors (Lipinski definition) is 1. The minimum Gasteiger partial charge on any atom is -0.477 e. The summed E-state index contributed by atoms with van der Waals surface area (Å²) in [6, 6.07) is 0. The van der Waals surface area contributed by atoms with Crippen molar-refractivity contribution in [1.29, 1.82) is 0 Å². The van der Waals surface area contributed by atoms with Crippen LogP contribution in [0.5, 0.6) is 0 Å². The zero-order valence-corrected chi connectivity index (χ0v) is 9.05. The normalized spacial score (nSPS) is 19.9. The molecule has 78 valence electrons. The Hall–Kier alpha value is -0.570. The average molecular weight is 188 g/mol. The third-order valence-electron chi connectivity index (χ3n) is 2.41. The second kappa shape index (κ2) is 5.97. The van der Waals surface area contributed by atoms with Gasteiger partial charge in [0, 0.05) is 0 Å². The first kappa shape index (κ1) is 12.4. The van der Waals surface area contributed by atoms with E-state index in [9.17, 15) is 4.79 Å². The summed E-state index contributed by atoms with van der Waals surface area (Å²) < 4.78 is 0.731. The fourth-order valence-electron chi connectivity index (χ4n) is 1.76. The van der Waals surface area contributed by atoms with E-state index < -0.39 is 5.97 Å². The summed E-state index contributed by atoms with van der Waals surface area (Å²) in [4.78, 5) is 10.5. The van der Waals surface area contributed by atoms with Crippen molar-refractivity contribution in [2.45, 2.75) is 33.1 Å². The van der Waals surface area contributed by atoms with Crippen molar-refractivity contribution in [3.63, 3.8) is 0 Å². The average Bonchev–Trinajstić information content (AvgIpc) is 2.07. The highest BCUT2D eigenvalue weighted by molar-refractivity contribution is 5.67.